The van der Waals surface area contributed by atoms with Crippen LogP contribution >= 0.6 is 0 Å². The molecular formula is C26H17IrN2O3-. The monoisotopic (exact) mass is 598 g/mol. The molecule has 5 aromatic rings. The molecule has 1 radical (unpaired) electrons. The van der Waals surface area contributed by atoms with E-state index in [2.05, 4.69) is 41.4 Å². The van der Waals surface area contributed by atoms with Gasteiger partial charge < -0.3 is 9.84 Å². The second kappa shape index (κ2) is 9.26. The van der Waals surface area contributed by atoms with E-state index in [1.54, 1.807) is 12.1 Å². The van der Waals surface area contributed by atoms with Gasteiger partial charge in [0, 0.05) is 37.4 Å². The first-order chi connectivity index (χ1) is 15.2. The molecule has 0 saturated carbocycles. The summed E-state index contributed by atoms with van der Waals surface area (Å²) in [6, 6.07) is 28.8. The first-order valence-corrected chi connectivity index (χ1v) is 9.80. The first-order valence-electron chi connectivity index (χ1n) is 9.80. The van der Waals surface area contributed by atoms with Crippen LogP contribution in [0.3, 0.4) is 0 Å². The Morgan fingerprint density at radius 2 is 1.72 bits per heavy atom. The Bertz CT molecular complexity index is 1420. The SMILES string of the molecule is O=C(O)c1ccccn1.[Ir].[c-]1cc2ccccc2c2c1-c1nc3ccccc3cc1OC2. The van der Waals surface area contributed by atoms with Gasteiger partial charge in [0.2, 0.25) is 0 Å². The van der Waals surface area contributed by atoms with Gasteiger partial charge in [-0.3, -0.25) is 4.98 Å². The number of benzene rings is 3. The molecule has 2 aromatic heterocycles. The van der Waals surface area contributed by atoms with Crippen LogP contribution in [0.5, 0.6) is 5.75 Å². The van der Waals surface area contributed by atoms with Crippen molar-refractivity contribution in [3.8, 4) is 17.0 Å². The van der Waals surface area contributed by atoms with E-state index >= 15 is 0 Å². The Labute approximate surface area is 198 Å². The predicted molar refractivity (Wildman–Crippen MR) is 119 cm³/mol. The number of aromatic nitrogens is 2. The van der Waals surface area contributed by atoms with Crippen molar-refractivity contribution in [3.05, 3.63) is 102 Å². The summed E-state index contributed by atoms with van der Waals surface area (Å²) in [7, 11) is 0. The van der Waals surface area contributed by atoms with E-state index in [9.17, 15) is 4.79 Å². The molecule has 159 valence electrons. The molecule has 0 spiro atoms. The van der Waals surface area contributed by atoms with Crippen molar-refractivity contribution >= 4 is 27.6 Å². The number of hydrogen-bond acceptors (Lipinski definition) is 4. The van der Waals surface area contributed by atoms with Crippen molar-refractivity contribution in [2.24, 2.45) is 0 Å². The minimum absolute atomic E-state index is 0. The van der Waals surface area contributed by atoms with Gasteiger partial charge in [-0.25, -0.2) is 9.78 Å². The number of fused-ring (bicyclic) bond motifs is 6. The van der Waals surface area contributed by atoms with Gasteiger partial charge >= 0.3 is 5.97 Å². The van der Waals surface area contributed by atoms with Crippen molar-refractivity contribution in [3.63, 3.8) is 0 Å². The summed E-state index contributed by atoms with van der Waals surface area (Å²) in [6.45, 7) is 0.570. The zero-order chi connectivity index (χ0) is 21.2. The van der Waals surface area contributed by atoms with E-state index in [0.29, 0.717) is 6.61 Å². The maximum Gasteiger partial charge on any atom is 0.354 e. The minimum Gasteiger partial charge on any atom is -0.506 e. The smallest absolute Gasteiger partial charge is 0.354 e. The number of pyridine rings is 2. The molecule has 0 aliphatic carbocycles. The Hall–Kier alpha value is -3.60. The van der Waals surface area contributed by atoms with Gasteiger partial charge in [-0.15, -0.1) is 17.7 Å². The van der Waals surface area contributed by atoms with E-state index in [0.717, 1.165) is 27.9 Å². The molecule has 1 aliphatic rings. The fourth-order valence-corrected chi connectivity index (χ4v) is 3.66. The number of carbonyl (C=O) groups is 1. The van der Waals surface area contributed by atoms with Crippen molar-refractivity contribution < 1.29 is 34.7 Å². The van der Waals surface area contributed by atoms with Crippen LogP contribution in [0.1, 0.15) is 16.1 Å². The Balaban J connectivity index is 0.000000209. The topological polar surface area (TPSA) is 72.3 Å². The van der Waals surface area contributed by atoms with Crippen molar-refractivity contribution in [1.82, 2.24) is 9.97 Å². The summed E-state index contributed by atoms with van der Waals surface area (Å²) in [6.07, 6.45) is 1.45. The summed E-state index contributed by atoms with van der Waals surface area (Å²) >= 11 is 0. The molecular weight excluding hydrogens is 581 g/mol. The molecule has 0 saturated heterocycles. The van der Waals surface area contributed by atoms with Crippen LogP contribution in [0.2, 0.25) is 0 Å². The van der Waals surface area contributed by atoms with E-state index in [1.807, 2.05) is 30.3 Å². The molecule has 3 aromatic carbocycles. The third kappa shape index (κ3) is 4.11. The average Bonchev–Trinajstić information content (AvgIpc) is 2.83. The standard InChI is InChI=1S/C20H12NO.C6H5NO2.Ir/c1-3-7-15-13(5-1)9-10-16-17(15)12-22-19-11-14-6-2-4-8-18(14)21-20(16)19;8-6(9)5-3-1-2-4-7-5;/h1-9,11H,12H2;1-4H,(H,8,9);/q-1;;. The van der Waals surface area contributed by atoms with E-state index < -0.39 is 5.97 Å². The van der Waals surface area contributed by atoms with Crippen molar-refractivity contribution in [2.45, 2.75) is 6.61 Å². The van der Waals surface area contributed by atoms with Crippen LogP contribution in [-0.2, 0) is 26.7 Å². The predicted octanol–water partition coefficient (Wildman–Crippen LogP) is 5.52. The second-order valence-electron chi connectivity index (χ2n) is 7.07. The number of hydrogen-bond donors (Lipinski definition) is 1. The number of para-hydroxylation sites is 1. The second-order valence-corrected chi connectivity index (χ2v) is 7.07. The molecule has 0 atom stereocenters. The van der Waals surface area contributed by atoms with Crippen LogP contribution in [0.4, 0.5) is 0 Å². The molecule has 1 aliphatic heterocycles. The van der Waals surface area contributed by atoms with Crippen LogP contribution in [0.25, 0.3) is 32.9 Å². The summed E-state index contributed by atoms with van der Waals surface area (Å²) in [4.78, 5) is 18.5. The van der Waals surface area contributed by atoms with Gasteiger partial charge in [-0.2, -0.15) is 0 Å². The molecule has 0 fully saturated rings. The van der Waals surface area contributed by atoms with Gasteiger partial charge in [0.25, 0.3) is 0 Å². The molecule has 32 heavy (non-hydrogen) atoms. The number of ether oxygens (including phenoxy) is 1. The number of rotatable bonds is 1. The fraction of sp³-hybridized carbons (Fsp3) is 0.0385. The van der Waals surface area contributed by atoms with Crippen LogP contribution < -0.4 is 4.74 Å². The fourth-order valence-electron chi connectivity index (χ4n) is 3.66. The van der Waals surface area contributed by atoms with Gasteiger partial charge in [0.1, 0.15) is 11.4 Å². The maximum atomic E-state index is 10.1. The number of aromatic carboxylic acids is 1. The molecule has 0 amide bonds. The number of carboxylic acid groups (broad SMARTS) is 1. The molecule has 5 nitrogen and oxygen atoms in total. The molecule has 6 heteroatoms. The van der Waals surface area contributed by atoms with Crippen LogP contribution in [0.15, 0.2) is 85.1 Å². The third-order valence-corrected chi connectivity index (χ3v) is 5.14. The Morgan fingerprint density at radius 1 is 0.969 bits per heavy atom. The van der Waals surface area contributed by atoms with Gasteiger partial charge in [-0.05, 0) is 24.3 Å². The van der Waals surface area contributed by atoms with E-state index in [-0.39, 0.29) is 25.8 Å². The quantitative estimate of drug-likeness (QED) is 0.258. The summed E-state index contributed by atoms with van der Waals surface area (Å²) in [5.74, 6) is -0.145. The van der Waals surface area contributed by atoms with E-state index in [1.165, 1.54) is 28.6 Å². The Morgan fingerprint density at radius 3 is 2.47 bits per heavy atom. The molecule has 0 unspecified atom stereocenters. The number of carboxylic acids is 1. The molecule has 6 rings (SSSR count). The third-order valence-electron chi connectivity index (χ3n) is 5.14. The van der Waals surface area contributed by atoms with E-state index in [4.69, 9.17) is 14.8 Å². The van der Waals surface area contributed by atoms with Gasteiger partial charge in [0.15, 0.2) is 0 Å². The van der Waals surface area contributed by atoms with Crippen molar-refractivity contribution in [1.29, 1.82) is 0 Å². The zero-order valence-electron chi connectivity index (χ0n) is 16.8. The van der Waals surface area contributed by atoms with Crippen LogP contribution in [0, 0.1) is 6.07 Å². The molecule has 3 heterocycles. The average molecular weight is 598 g/mol. The van der Waals surface area contributed by atoms with Gasteiger partial charge in [0.05, 0.1) is 12.1 Å². The van der Waals surface area contributed by atoms with Crippen molar-refractivity contribution in [2.75, 3.05) is 0 Å². The number of nitrogens with zero attached hydrogens (tertiary/aromatic N) is 2. The maximum absolute atomic E-state index is 10.1. The summed E-state index contributed by atoms with van der Waals surface area (Å²) < 4.78 is 5.98. The normalized spacial score (nSPS) is 11.2. The van der Waals surface area contributed by atoms with Gasteiger partial charge in [-0.1, -0.05) is 64.9 Å². The first kappa shape index (κ1) is 21.6. The summed E-state index contributed by atoms with van der Waals surface area (Å²) in [5.41, 5.74) is 4.20. The van der Waals surface area contributed by atoms with Crippen LogP contribution in [-0.4, -0.2) is 21.0 Å². The largest absolute Gasteiger partial charge is 0.506 e. The molecule has 1 N–H and O–H groups in total. The zero-order valence-corrected chi connectivity index (χ0v) is 19.2. The Kier molecular flexibility index (Phi) is 6.26. The minimum atomic E-state index is -0.990. The molecule has 0 bridgehead atoms. The summed E-state index contributed by atoms with van der Waals surface area (Å²) in [5, 5.41) is 11.8.